The molecule has 2 aliphatic rings. The molecule has 2 saturated heterocycles. The van der Waals surface area contributed by atoms with Crippen LogP contribution in [0.15, 0.2) is 42.7 Å². The number of carbonyl (C=O) groups is 1. The second kappa shape index (κ2) is 7.39. The van der Waals surface area contributed by atoms with Gasteiger partial charge in [-0.2, -0.15) is 0 Å². The van der Waals surface area contributed by atoms with Gasteiger partial charge in [-0.3, -0.25) is 4.79 Å². The van der Waals surface area contributed by atoms with E-state index in [4.69, 9.17) is 0 Å². The Morgan fingerprint density at radius 1 is 0.857 bits per heavy atom. The van der Waals surface area contributed by atoms with Crippen molar-refractivity contribution in [1.29, 1.82) is 0 Å². The molecule has 1 amide bonds. The minimum Gasteiger partial charge on any atom is -0.356 e. The van der Waals surface area contributed by atoms with Crippen LogP contribution in [0.25, 0.3) is 10.1 Å². The first-order valence-electron chi connectivity index (χ1n) is 9.88. The molecule has 2 aromatic heterocycles. The third-order valence-electron chi connectivity index (χ3n) is 5.60. The number of anilines is 2. The van der Waals surface area contributed by atoms with Gasteiger partial charge in [0.2, 0.25) is 0 Å². The predicted molar refractivity (Wildman–Crippen MR) is 113 cm³/mol. The van der Waals surface area contributed by atoms with E-state index < -0.39 is 0 Å². The van der Waals surface area contributed by atoms with Crippen LogP contribution in [0.4, 0.5) is 11.6 Å². The Balaban J connectivity index is 1.26. The van der Waals surface area contributed by atoms with Crippen LogP contribution in [0.1, 0.15) is 22.5 Å². The van der Waals surface area contributed by atoms with Gasteiger partial charge < -0.3 is 14.7 Å². The molecule has 0 radical (unpaired) electrons. The molecular formula is C21H23N5OS. The molecule has 1 aromatic carbocycles. The molecule has 7 heteroatoms. The summed E-state index contributed by atoms with van der Waals surface area (Å²) < 4.78 is 1.17. The van der Waals surface area contributed by atoms with E-state index in [2.05, 4.69) is 38.0 Å². The van der Waals surface area contributed by atoms with Crippen molar-refractivity contribution in [2.75, 3.05) is 49.1 Å². The summed E-state index contributed by atoms with van der Waals surface area (Å²) in [6.45, 7) is 5.19. The Morgan fingerprint density at radius 3 is 2.25 bits per heavy atom. The number of carbonyl (C=O) groups excluding carboxylic acids is 1. The van der Waals surface area contributed by atoms with Crippen LogP contribution in [-0.2, 0) is 0 Å². The van der Waals surface area contributed by atoms with Crippen molar-refractivity contribution < 1.29 is 4.79 Å². The molecule has 4 heterocycles. The third kappa shape index (κ3) is 3.30. The van der Waals surface area contributed by atoms with Crippen LogP contribution in [0.3, 0.4) is 0 Å². The molecule has 2 aliphatic heterocycles. The smallest absolute Gasteiger partial charge is 0.264 e. The molecule has 0 bridgehead atoms. The number of nitrogens with zero attached hydrogens (tertiary/aromatic N) is 5. The lowest BCUT2D eigenvalue weighted by Gasteiger charge is -2.35. The van der Waals surface area contributed by atoms with Crippen molar-refractivity contribution in [2.24, 2.45) is 0 Å². The number of aromatic nitrogens is 2. The summed E-state index contributed by atoms with van der Waals surface area (Å²) >= 11 is 1.58. The van der Waals surface area contributed by atoms with Crippen molar-refractivity contribution >= 4 is 39.0 Å². The van der Waals surface area contributed by atoms with Crippen molar-refractivity contribution in [1.82, 2.24) is 14.9 Å². The fourth-order valence-electron chi connectivity index (χ4n) is 4.01. The monoisotopic (exact) mass is 393 g/mol. The maximum absolute atomic E-state index is 12.9. The van der Waals surface area contributed by atoms with Crippen LogP contribution in [0, 0.1) is 0 Å². The fraction of sp³-hybridized carbons (Fsp3) is 0.381. The first-order chi connectivity index (χ1) is 13.8. The highest BCUT2D eigenvalue weighted by atomic mass is 32.1. The molecule has 3 aromatic rings. The first kappa shape index (κ1) is 17.4. The Bertz CT molecular complexity index is 956. The highest BCUT2D eigenvalue weighted by molar-refractivity contribution is 7.20. The number of hydrogen-bond donors (Lipinski definition) is 0. The lowest BCUT2D eigenvalue weighted by molar-refractivity contribution is 0.0751. The molecule has 0 atom stereocenters. The van der Waals surface area contributed by atoms with E-state index in [9.17, 15) is 4.79 Å². The first-order valence-corrected chi connectivity index (χ1v) is 10.7. The van der Waals surface area contributed by atoms with E-state index in [1.165, 1.54) is 17.5 Å². The summed E-state index contributed by atoms with van der Waals surface area (Å²) in [6.07, 6.45) is 4.13. The van der Waals surface area contributed by atoms with Gasteiger partial charge in [0, 0.05) is 50.0 Å². The number of piperazine rings is 1. The normalized spacial score (nSPS) is 17.5. The van der Waals surface area contributed by atoms with E-state index >= 15 is 0 Å². The van der Waals surface area contributed by atoms with Crippen LogP contribution in [0.5, 0.6) is 0 Å². The minimum atomic E-state index is 0.140. The Hall–Kier alpha value is -2.67. The predicted octanol–water partition coefficient (Wildman–Crippen LogP) is 3.25. The maximum atomic E-state index is 12.9. The molecule has 0 unspecified atom stereocenters. The van der Waals surface area contributed by atoms with Gasteiger partial charge in [-0.15, -0.1) is 11.3 Å². The van der Waals surface area contributed by atoms with Crippen LogP contribution >= 0.6 is 11.3 Å². The summed E-state index contributed by atoms with van der Waals surface area (Å²) in [5, 5.41) is 1.14. The molecular weight excluding hydrogens is 370 g/mol. The summed E-state index contributed by atoms with van der Waals surface area (Å²) in [5.41, 5.74) is 0. The number of fused-ring (bicyclic) bond motifs is 1. The molecule has 144 valence electrons. The average Bonchev–Trinajstić information content (AvgIpc) is 3.43. The zero-order chi connectivity index (χ0) is 18.9. The van der Waals surface area contributed by atoms with E-state index in [-0.39, 0.29) is 5.91 Å². The number of amides is 1. The van der Waals surface area contributed by atoms with Crippen LogP contribution in [0.2, 0.25) is 0 Å². The molecule has 2 fully saturated rings. The van der Waals surface area contributed by atoms with Crippen molar-refractivity contribution in [3.8, 4) is 0 Å². The second-order valence-electron chi connectivity index (χ2n) is 7.36. The summed E-state index contributed by atoms with van der Waals surface area (Å²) in [4.78, 5) is 29.2. The topological polar surface area (TPSA) is 52.6 Å². The van der Waals surface area contributed by atoms with E-state index in [1.54, 1.807) is 17.7 Å². The molecule has 28 heavy (non-hydrogen) atoms. The number of rotatable bonds is 3. The van der Waals surface area contributed by atoms with Gasteiger partial charge in [0.05, 0.1) is 4.88 Å². The van der Waals surface area contributed by atoms with Gasteiger partial charge in [0.1, 0.15) is 18.0 Å². The quantitative estimate of drug-likeness (QED) is 0.684. The van der Waals surface area contributed by atoms with Crippen molar-refractivity contribution in [3.63, 3.8) is 0 Å². The lowest BCUT2D eigenvalue weighted by Crippen LogP contribution is -2.49. The maximum Gasteiger partial charge on any atom is 0.264 e. The standard InChI is InChI=1S/C21H23N5OS/c27-21(18-13-16-5-1-2-6-17(16)28-18)26-11-9-25(10-12-26)20-14-19(22-15-23-20)24-7-3-4-8-24/h1-2,5-6,13-15H,3-4,7-12H2. The number of benzene rings is 1. The largest absolute Gasteiger partial charge is 0.356 e. The number of thiophene rings is 1. The average molecular weight is 394 g/mol. The van der Waals surface area contributed by atoms with Gasteiger partial charge in [0.25, 0.3) is 5.91 Å². The number of hydrogen-bond acceptors (Lipinski definition) is 6. The molecule has 6 nitrogen and oxygen atoms in total. The highest BCUT2D eigenvalue weighted by Crippen LogP contribution is 2.27. The molecule has 0 aliphatic carbocycles. The van der Waals surface area contributed by atoms with E-state index in [0.29, 0.717) is 0 Å². The fourth-order valence-corrected chi connectivity index (χ4v) is 5.04. The summed E-state index contributed by atoms with van der Waals surface area (Å²) in [7, 11) is 0. The van der Waals surface area contributed by atoms with Gasteiger partial charge in [-0.05, 0) is 30.4 Å². The molecule has 0 N–H and O–H groups in total. The van der Waals surface area contributed by atoms with Gasteiger partial charge >= 0.3 is 0 Å². The van der Waals surface area contributed by atoms with Crippen molar-refractivity contribution in [2.45, 2.75) is 12.8 Å². The summed E-state index contributed by atoms with van der Waals surface area (Å²) in [5.74, 6) is 2.12. The Labute approximate surface area is 168 Å². The Morgan fingerprint density at radius 2 is 1.54 bits per heavy atom. The molecule has 0 saturated carbocycles. The second-order valence-corrected chi connectivity index (χ2v) is 8.44. The lowest BCUT2D eigenvalue weighted by atomic mass is 10.2. The Kier molecular flexibility index (Phi) is 4.60. The van der Waals surface area contributed by atoms with Gasteiger partial charge in [0.15, 0.2) is 0 Å². The summed E-state index contributed by atoms with van der Waals surface area (Å²) in [6, 6.07) is 12.3. The highest BCUT2D eigenvalue weighted by Gasteiger charge is 2.25. The van der Waals surface area contributed by atoms with Crippen LogP contribution in [-0.4, -0.2) is 60.0 Å². The molecule has 5 rings (SSSR count). The minimum absolute atomic E-state index is 0.140. The van der Waals surface area contributed by atoms with Crippen LogP contribution < -0.4 is 9.80 Å². The molecule has 0 spiro atoms. The van der Waals surface area contributed by atoms with Gasteiger partial charge in [-0.25, -0.2) is 9.97 Å². The van der Waals surface area contributed by atoms with E-state index in [1.807, 2.05) is 23.1 Å². The third-order valence-corrected chi connectivity index (χ3v) is 6.70. The zero-order valence-electron chi connectivity index (χ0n) is 15.8. The SMILES string of the molecule is O=C(c1cc2ccccc2s1)N1CCN(c2cc(N3CCCC3)ncn2)CC1. The van der Waals surface area contributed by atoms with Crippen molar-refractivity contribution in [3.05, 3.63) is 47.6 Å². The van der Waals surface area contributed by atoms with E-state index in [0.717, 1.165) is 61.2 Å². The van der Waals surface area contributed by atoms with Gasteiger partial charge in [-0.1, -0.05) is 18.2 Å². The zero-order valence-corrected chi connectivity index (χ0v) is 16.6.